The maximum atomic E-state index is 12.7. The lowest BCUT2D eigenvalue weighted by molar-refractivity contribution is -0.385. The van der Waals surface area contributed by atoms with Gasteiger partial charge >= 0.3 is 0 Å². The molecule has 3 rings (SSSR count). The van der Waals surface area contributed by atoms with Crippen LogP contribution in [0.15, 0.2) is 42.5 Å². The van der Waals surface area contributed by atoms with E-state index in [1.807, 2.05) is 20.8 Å². The van der Waals surface area contributed by atoms with Crippen molar-refractivity contribution < 1.29 is 19.2 Å². The number of hydrogen-bond acceptors (Lipinski definition) is 5. The maximum absolute atomic E-state index is 12.7. The highest BCUT2D eigenvalue weighted by Gasteiger charge is 2.37. The van der Waals surface area contributed by atoms with Gasteiger partial charge in [0, 0.05) is 24.4 Å². The highest BCUT2D eigenvalue weighted by Crippen LogP contribution is 2.38. The number of ether oxygens (including phenoxy) is 1. The van der Waals surface area contributed by atoms with E-state index in [1.54, 1.807) is 29.2 Å². The number of hydrogen-bond donors (Lipinski definition) is 1. The molecule has 8 nitrogen and oxygen atoms in total. The summed E-state index contributed by atoms with van der Waals surface area (Å²) < 4.78 is 5.83. The van der Waals surface area contributed by atoms with Crippen LogP contribution in [0.1, 0.15) is 31.1 Å². The molecule has 1 N–H and O–H groups in total. The van der Waals surface area contributed by atoms with Gasteiger partial charge in [0.05, 0.1) is 16.0 Å². The van der Waals surface area contributed by atoms with Crippen LogP contribution in [-0.4, -0.2) is 29.9 Å². The molecule has 1 aliphatic heterocycles. The fraction of sp³-hybridized carbons (Fsp3) is 0.300. The summed E-state index contributed by atoms with van der Waals surface area (Å²) in [6.45, 7) is 6.22. The number of rotatable bonds is 4. The number of carbonyl (C=O) groups is 2. The van der Waals surface area contributed by atoms with Crippen molar-refractivity contribution in [1.82, 2.24) is 0 Å². The average Bonchev–Trinajstić information content (AvgIpc) is 2.76. The van der Waals surface area contributed by atoms with Crippen molar-refractivity contribution in [1.29, 1.82) is 0 Å². The summed E-state index contributed by atoms with van der Waals surface area (Å²) in [5, 5.41) is 13.8. The molecular formula is C20H21N3O5. The molecule has 2 aromatic carbocycles. The predicted molar refractivity (Wildman–Crippen MR) is 105 cm³/mol. The number of amides is 2. The summed E-state index contributed by atoms with van der Waals surface area (Å²) in [5.74, 6) is -0.156. The monoisotopic (exact) mass is 383 g/mol. The summed E-state index contributed by atoms with van der Waals surface area (Å²) in [5.41, 5.74) is 0.0700. The van der Waals surface area contributed by atoms with Gasteiger partial charge in [-0.2, -0.15) is 0 Å². The second-order valence-electron chi connectivity index (χ2n) is 7.13. The van der Waals surface area contributed by atoms with Crippen LogP contribution in [0.2, 0.25) is 0 Å². The van der Waals surface area contributed by atoms with Gasteiger partial charge in [0.2, 0.25) is 5.91 Å². The lowest BCUT2D eigenvalue weighted by atomic mass is 9.93. The molecule has 146 valence electrons. The van der Waals surface area contributed by atoms with E-state index < -0.39 is 16.2 Å². The van der Waals surface area contributed by atoms with Crippen molar-refractivity contribution in [2.24, 2.45) is 5.41 Å². The Morgan fingerprint density at radius 1 is 1.29 bits per heavy atom. The molecule has 0 unspecified atom stereocenters. The van der Waals surface area contributed by atoms with Gasteiger partial charge < -0.3 is 15.0 Å². The van der Waals surface area contributed by atoms with E-state index in [1.165, 1.54) is 18.2 Å². The van der Waals surface area contributed by atoms with E-state index >= 15 is 0 Å². The minimum Gasteiger partial charge on any atom is -0.490 e. The first-order valence-electron chi connectivity index (χ1n) is 8.88. The Morgan fingerprint density at radius 3 is 2.68 bits per heavy atom. The number of para-hydroxylation sites is 1. The van der Waals surface area contributed by atoms with Crippen LogP contribution in [0.3, 0.4) is 0 Å². The second-order valence-corrected chi connectivity index (χ2v) is 7.13. The Bertz CT molecular complexity index is 955. The van der Waals surface area contributed by atoms with Gasteiger partial charge in [0.15, 0.2) is 0 Å². The van der Waals surface area contributed by atoms with E-state index in [0.29, 0.717) is 23.7 Å². The van der Waals surface area contributed by atoms with Crippen LogP contribution in [0, 0.1) is 15.5 Å². The van der Waals surface area contributed by atoms with Gasteiger partial charge in [-0.3, -0.25) is 19.7 Å². The molecule has 0 aromatic heterocycles. The fourth-order valence-electron chi connectivity index (χ4n) is 3.06. The highest BCUT2D eigenvalue weighted by molar-refractivity contribution is 6.07. The number of anilines is 2. The summed E-state index contributed by atoms with van der Waals surface area (Å²) in [6, 6.07) is 10.7. The first-order valence-corrected chi connectivity index (χ1v) is 8.88. The SMILES string of the molecule is CCN1C(=O)C(C)(C)COc2cc(NC(=O)c3ccccc3[N+](=O)[O-])ccc21. The standard InChI is InChI=1S/C20H21N3O5/c1-4-22-16-10-9-13(11-17(16)28-12-20(2,3)19(22)25)21-18(24)14-7-5-6-8-15(14)23(26)27/h5-11H,4,12H2,1-3H3,(H,21,24). The number of fused-ring (bicyclic) bond motifs is 1. The Hall–Kier alpha value is -3.42. The lowest BCUT2D eigenvalue weighted by Gasteiger charge is -2.26. The summed E-state index contributed by atoms with van der Waals surface area (Å²) in [6.07, 6.45) is 0. The summed E-state index contributed by atoms with van der Waals surface area (Å²) in [4.78, 5) is 37.4. The van der Waals surface area contributed by atoms with Gasteiger partial charge in [-0.15, -0.1) is 0 Å². The van der Waals surface area contributed by atoms with Crippen molar-refractivity contribution in [3.8, 4) is 5.75 Å². The molecule has 0 saturated carbocycles. The van der Waals surface area contributed by atoms with Crippen LogP contribution in [0.25, 0.3) is 0 Å². The highest BCUT2D eigenvalue weighted by atomic mass is 16.6. The second kappa shape index (κ2) is 7.30. The van der Waals surface area contributed by atoms with Crippen molar-refractivity contribution in [2.75, 3.05) is 23.4 Å². The first kappa shape index (κ1) is 19.3. The van der Waals surface area contributed by atoms with E-state index in [-0.39, 0.29) is 23.8 Å². The lowest BCUT2D eigenvalue weighted by Crippen LogP contribution is -2.42. The van der Waals surface area contributed by atoms with Gasteiger partial charge in [0.1, 0.15) is 17.9 Å². The quantitative estimate of drug-likeness (QED) is 0.642. The van der Waals surface area contributed by atoms with Crippen molar-refractivity contribution >= 4 is 28.9 Å². The van der Waals surface area contributed by atoms with Crippen LogP contribution in [-0.2, 0) is 4.79 Å². The number of nitrogens with one attached hydrogen (secondary N) is 1. The molecule has 1 heterocycles. The van der Waals surface area contributed by atoms with Crippen LogP contribution in [0.4, 0.5) is 17.1 Å². The number of nitrogens with zero attached hydrogens (tertiary/aromatic N) is 2. The molecule has 0 bridgehead atoms. The zero-order valence-electron chi connectivity index (χ0n) is 15.9. The largest absolute Gasteiger partial charge is 0.490 e. The molecule has 1 aliphatic rings. The summed E-state index contributed by atoms with van der Waals surface area (Å²) in [7, 11) is 0. The molecule has 0 atom stereocenters. The van der Waals surface area contributed by atoms with Gasteiger partial charge in [-0.05, 0) is 39.0 Å². The maximum Gasteiger partial charge on any atom is 0.282 e. The minimum absolute atomic E-state index is 0.0325. The summed E-state index contributed by atoms with van der Waals surface area (Å²) >= 11 is 0. The minimum atomic E-state index is -0.677. The van der Waals surface area contributed by atoms with Crippen LogP contribution in [0.5, 0.6) is 5.75 Å². The molecule has 0 spiro atoms. The molecule has 2 amide bonds. The number of nitro benzene ring substituents is 1. The third-order valence-electron chi connectivity index (χ3n) is 4.58. The molecule has 0 saturated heterocycles. The molecule has 2 aromatic rings. The average molecular weight is 383 g/mol. The zero-order chi connectivity index (χ0) is 20.5. The zero-order valence-corrected chi connectivity index (χ0v) is 15.9. The third-order valence-corrected chi connectivity index (χ3v) is 4.58. The van der Waals surface area contributed by atoms with Crippen molar-refractivity contribution in [2.45, 2.75) is 20.8 Å². The van der Waals surface area contributed by atoms with Crippen LogP contribution >= 0.6 is 0 Å². The smallest absolute Gasteiger partial charge is 0.282 e. The van der Waals surface area contributed by atoms with E-state index in [9.17, 15) is 19.7 Å². The number of nitro groups is 1. The molecule has 0 radical (unpaired) electrons. The van der Waals surface area contributed by atoms with E-state index in [2.05, 4.69) is 5.32 Å². The Morgan fingerprint density at radius 2 is 2.00 bits per heavy atom. The Labute approximate surface area is 162 Å². The predicted octanol–water partition coefficient (Wildman–Crippen LogP) is 3.62. The molecule has 8 heteroatoms. The van der Waals surface area contributed by atoms with Crippen LogP contribution < -0.4 is 15.0 Å². The normalized spacial score (nSPS) is 15.2. The van der Waals surface area contributed by atoms with E-state index in [0.717, 1.165) is 0 Å². The van der Waals surface area contributed by atoms with Gasteiger partial charge in [0.25, 0.3) is 11.6 Å². The van der Waals surface area contributed by atoms with Crippen molar-refractivity contribution in [3.63, 3.8) is 0 Å². The number of carbonyl (C=O) groups excluding carboxylic acids is 2. The molecule has 0 aliphatic carbocycles. The molecule has 0 fully saturated rings. The van der Waals surface area contributed by atoms with Crippen molar-refractivity contribution in [3.05, 3.63) is 58.1 Å². The Kier molecular flexibility index (Phi) is 5.04. The van der Waals surface area contributed by atoms with E-state index in [4.69, 9.17) is 4.74 Å². The molecular weight excluding hydrogens is 362 g/mol. The fourth-order valence-corrected chi connectivity index (χ4v) is 3.06. The molecule has 28 heavy (non-hydrogen) atoms. The first-order chi connectivity index (χ1) is 13.2. The van der Waals surface area contributed by atoms with Gasteiger partial charge in [-0.25, -0.2) is 0 Å². The third kappa shape index (κ3) is 3.53. The topological polar surface area (TPSA) is 102 Å². The van der Waals surface area contributed by atoms with Gasteiger partial charge in [-0.1, -0.05) is 12.1 Å². The Balaban J connectivity index is 1.91. The number of benzene rings is 2.